The van der Waals surface area contributed by atoms with Crippen molar-refractivity contribution in [1.29, 1.82) is 0 Å². The highest BCUT2D eigenvalue weighted by Gasteiger charge is 2.29. The van der Waals surface area contributed by atoms with Gasteiger partial charge in [0.05, 0.1) is 18.8 Å². The topological polar surface area (TPSA) is 56.2 Å². The van der Waals surface area contributed by atoms with Crippen molar-refractivity contribution >= 4 is 34.9 Å². The second-order valence-corrected chi connectivity index (χ2v) is 8.19. The highest BCUT2D eigenvalue weighted by Crippen LogP contribution is 2.32. The first-order valence-corrected chi connectivity index (χ1v) is 10.7. The van der Waals surface area contributed by atoms with Gasteiger partial charge in [-0.1, -0.05) is 48.0 Å². The van der Waals surface area contributed by atoms with Crippen molar-refractivity contribution < 1.29 is 9.59 Å². The third-order valence-electron chi connectivity index (χ3n) is 5.64. The number of hydrogen-bond acceptors (Lipinski definition) is 4. The molecule has 0 saturated heterocycles. The van der Waals surface area contributed by atoms with Gasteiger partial charge in [-0.25, -0.2) is 0 Å². The number of benzene rings is 2. The molecule has 2 aromatic carbocycles. The Balaban J connectivity index is 1.62. The number of fused-ring (bicyclic) bond motifs is 1. The lowest BCUT2D eigenvalue weighted by molar-refractivity contribution is -0.134. The summed E-state index contributed by atoms with van der Waals surface area (Å²) < 4.78 is 0. The summed E-state index contributed by atoms with van der Waals surface area (Å²) in [6.07, 6.45) is 1.74. The minimum atomic E-state index is -0.137. The highest BCUT2D eigenvalue weighted by atomic mass is 35.5. The van der Waals surface area contributed by atoms with E-state index in [1.165, 1.54) is 0 Å². The number of likely N-dealkylation sites (N-methyl/N-ethyl adjacent to an activating group) is 1. The van der Waals surface area contributed by atoms with Gasteiger partial charge in [0.15, 0.2) is 0 Å². The van der Waals surface area contributed by atoms with Crippen LogP contribution in [0.1, 0.15) is 23.1 Å². The summed E-state index contributed by atoms with van der Waals surface area (Å²) in [5.41, 5.74) is 3.59. The molecule has 2 aliphatic heterocycles. The monoisotopic (exact) mass is 436 g/mol. The van der Waals surface area contributed by atoms with E-state index in [-0.39, 0.29) is 24.8 Å². The predicted octanol–water partition coefficient (Wildman–Crippen LogP) is 3.48. The zero-order chi connectivity index (χ0) is 22.0. The molecule has 31 heavy (non-hydrogen) atoms. The number of carbonyl (C=O) groups excluding carboxylic acids is 2. The first kappa shape index (κ1) is 21.1. The molecule has 0 aliphatic carbocycles. The average molecular weight is 437 g/mol. The Kier molecular flexibility index (Phi) is 6.09. The van der Waals surface area contributed by atoms with Crippen LogP contribution in [0, 0.1) is 0 Å². The smallest absolute Gasteiger partial charge is 0.246 e. The van der Waals surface area contributed by atoms with Crippen molar-refractivity contribution in [3.05, 3.63) is 76.8 Å². The number of hydrogen-bond donors (Lipinski definition) is 0. The van der Waals surface area contributed by atoms with Crippen molar-refractivity contribution in [1.82, 2.24) is 9.80 Å². The van der Waals surface area contributed by atoms with E-state index in [0.717, 1.165) is 41.3 Å². The van der Waals surface area contributed by atoms with Gasteiger partial charge in [-0.2, -0.15) is 0 Å². The van der Waals surface area contributed by atoms with Crippen molar-refractivity contribution in [2.24, 2.45) is 4.99 Å². The molecule has 0 aromatic heterocycles. The molecule has 0 unspecified atom stereocenters. The molecular formula is C24H25ClN4O2. The molecule has 0 bridgehead atoms. The van der Waals surface area contributed by atoms with Gasteiger partial charge in [0.25, 0.3) is 0 Å². The maximum absolute atomic E-state index is 13.2. The van der Waals surface area contributed by atoms with Crippen molar-refractivity contribution in [2.45, 2.75) is 19.5 Å². The van der Waals surface area contributed by atoms with E-state index in [4.69, 9.17) is 11.6 Å². The van der Waals surface area contributed by atoms with Crippen LogP contribution in [0.3, 0.4) is 0 Å². The van der Waals surface area contributed by atoms with Crippen LogP contribution in [-0.4, -0.2) is 54.1 Å². The number of halogens is 1. The molecule has 0 spiro atoms. The van der Waals surface area contributed by atoms with Crippen LogP contribution >= 0.6 is 11.6 Å². The van der Waals surface area contributed by atoms with Gasteiger partial charge in [-0.3, -0.25) is 14.6 Å². The molecule has 4 rings (SSSR count). The predicted molar refractivity (Wildman–Crippen MR) is 123 cm³/mol. The Labute approximate surface area is 187 Å². The van der Waals surface area contributed by atoms with Crippen LogP contribution in [0.5, 0.6) is 0 Å². The van der Waals surface area contributed by atoms with Crippen LogP contribution in [0.2, 0.25) is 5.02 Å². The standard InChI is InChI=1S/C24H25ClN4O2/c1-3-5-22(30)28-15-19-20(25)6-4-7-21(19)29(23(31)16-28)14-17-8-10-18(11-9-17)24-26-12-13-27(24)2/h3-4,6-11H,1,5,12-16H2,2H3. The number of amides is 2. The van der Waals surface area contributed by atoms with E-state index < -0.39 is 0 Å². The third-order valence-corrected chi connectivity index (χ3v) is 6.00. The fourth-order valence-corrected chi connectivity index (χ4v) is 4.20. The number of aliphatic imine (C=N–C) groups is 1. The largest absolute Gasteiger partial charge is 0.358 e. The molecule has 7 heteroatoms. The van der Waals surface area contributed by atoms with E-state index in [2.05, 4.69) is 16.5 Å². The van der Waals surface area contributed by atoms with Gasteiger partial charge in [-0.15, -0.1) is 6.58 Å². The number of anilines is 1. The quantitative estimate of drug-likeness (QED) is 0.674. The summed E-state index contributed by atoms with van der Waals surface area (Å²) in [6.45, 7) is 6.09. The van der Waals surface area contributed by atoms with Crippen LogP contribution in [-0.2, 0) is 22.7 Å². The minimum absolute atomic E-state index is 0.0113. The fourth-order valence-electron chi connectivity index (χ4n) is 3.97. The first-order valence-electron chi connectivity index (χ1n) is 10.3. The van der Waals surface area contributed by atoms with Crippen molar-refractivity contribution in [3.8, 4) is 0 Å². The average Bonchev–Trinajstić information content (AvgIpc) is 3.13. The molecule has 0 fully saturated rings. The Hall–Kier alpha value is -3.12. The fraction of sp³-hybridized carbons (Fsp3) is 0.292. The van der Waals surface area contributed by atoms with Crippen molar-refractivity contribution in [2.75, 3.05) is 31.6 Å². The second-order valence-electron chi connectivity index (χ2n) is 7.78. The molecule has 0 radical (unpaired) electrons. The summed E-state index contributed by atoms with van der Waals surface area (Å²) in [5.74, 6) is 0.718. The second kappa shape index (κ2) is 8.94. The Bertz CT molecular complexity index is 1050. The van der Waals surface area contributed by atoms with Gasteiger partial charge in [0.1, 0.15) is 12.4 Å². The molecule has 0 saturated carbocycles. The normalized spacial score (nSPS) is 16.1. The molecule has 2 heterocycles. The summed E-state index contributed by atoms with van der Waals surface area (Å²) in [6, 6.07) is 13.6. The lowest BCUT2D eigenvalue weighted by Gasteiger charge is -2.23. The van der Waals surface area contributed by atoms with Gasteiger partial charge < -0.3 is 14.7 Å². The maximum atomic E-state index is 13.2. The molecular weight excluding hydrogens is 412 g/mol. The van der Waals surface area contributed by atoms with Crippen molar-refractivity contribution in [3.63, 3.8) is 0 Å². The van der Waals surface area contributed by atoms with Gasteiger partial charge in [-0.05, 0) is 17.7 Å². The minimum Gasteiger partial charge on any atom is -0.358 e. The first-order chi connectivity index (χ1) is 15.0. The van der Waals surface area contributed by atoms with Crippen LogP contribution in [0.15, 0.2) is 60.1 Å². The molecule has 2 aliphatic rings. The summed E-state index contributed by atoms with van der Waals surface area (Å²) in [4.78, 5) is 35.6. The zero-order valence-electron chi connectivity index (χ0n) is 17.6. The number of rotatable bonds is 5. The molecule has 0 N–H and O–H groups in total. The summed E-state index contributed by atoms with van der Waals surface area (Å²) >= 11 is 6.47. The molecule has 2 amide bonds. The third kappa shape index (κ3) is 4.35. The zero-order valence-corrected chi connectivity index (χ0v) is 18.3. The number of nitrogens with zero attached hydrogens (tertiary/aromatic N) is 4. The lowest BCUT2D eigenvalue weighted by Crippen LogP contribution is -2.39. The van der Waals surface area contributed by atoms with Crippen LogP contribution < -0.4 is 4.90 Å². The van der Waals surface area contributed by atoms with Crippen LogP contribution in [0.4, 0.5) is 5.69 Å². The lowest BCUT2D eigenvalue weighted by atomic mass is 10.1. The van der Waals surface area contributed by atoms with E-state index in [1.54, 1.807) is 21.9 Å². The Morgan fingerprint density at radius 3 is 2.65 bits per heavy atom. The number of carbonyl (C=O) groups is 2. The highest BCUT2D eigenvalue weighted by molar-refractivity contribution is 6.32. The van der Waals surface area contributed by atoms with Gasteiger partial charge in [0, 0.05) is 42.7 Å². The van der Waals surface area contributed by atoms with E-state index in [0.29, 0.717) is 18.1 Å². The summed E-state index contributed by atoms with van der Waals surface area (Å²) in [7, 11) is 2.04. The van der Waals surface area contributed by atoms with Gasteiger partial charge in [0.2, 0.25) is 11.8 Å². The van der Waals surface area contributed by atoms with E-state index in [1.807, 2.05) is 43.4 Å². The van der Waals surface area contributed by atoms with Crippen LogP contribution in [0.25, 0.3) is 0 Å². The number of amidine groups is 1. The van der Waals surface area contributed by atoms with Gasteiger partial charge >= 0.3 is 0 Å². The maximum Gasteiger partial charge on any atom is 0.246 e. The molecule has 6 nitrogen and oxygen atoms in total. The Morgan fingerprint density at radius 2 is 1.97 bits per heavy atom. The molecule has 160 valence electrons. The molecule has 2 aromatic rings. The van der Waals surface area contributed by atoms with E-state index in [9.17, 15) is 9.59 Å². The Morgan fingerprint density at radius 1 is 1.19 bits per heavy atom. The van der Waals surface area contributed by atoms with E-state index >= 15 is 0 Å². The summed E-state index contributed by atoms with van der Waals surface area (Å²) in [5, 5.41) is 0.547. The molecule has 0 atom stereocenters. The SMILES string of the molecule is C=CCC(=O)N1CC(=O)N(Cc2ccc(C3=NCCN3C)cc2)c2cccc(Cl)c2C1.